The summed E-state index contributed by atoms with van der Waals surface area (Å²) in [4.78, 5) is 0. The van der Waals surface area contributed by atoms with Crippen molar-refractivity contribution in [3.63, 3.8) is 0 Å². The largest absolute Gasteiger partial charge is 0.479 e. The molecule has 1 aromatic carbocycles. The molecule has 1 N–H and O–H groups in total. The lowest BCUT2D eigenvalue weighted by Gasteiger charge is -2.16. The van der Waals surface area contributed by atoms with Crippen molar-refractivity contribution < 1.29 is 9.47 Å². The summed E-state index contributed by atoms with van der Waals surface area (Å²) in [5, 5.41) is 11.9. The van der Waals surface area contributed by atoms with Crippen LogP contribution in [-0.4, -0.2) is 25.9 Å². The summed E-state index contributed by atoms with van der Waals surface area (Å²) >= 11 is 0. The first-order valence-corrected chi connectivity index (χ1v) is 7.74. The molecule has 0 bridgehead atoms. The average molecular weight is 288 g/mol. The monoisotopic (exact) mass is 288 g/mol. The second kappa shape index (κ2) is 8.66. The molecule has 0 saturated heterocycles. The zero-order valence-electron chi connectivity index (χ0n) is 12.7. The molecule has 1 unspecified atom stereocenters. The van der Waals surface area contributed by atoms with Gasteiger partial charge in [0.25, 0.3) is 0 Å². The van der Waals surface area contributed by atoms with Crippen LogP contribution in [0, 0.1) is 11.3 Å². The standard InChI is InChI=1S/C17H24N2O2/c1-14(19-11-13-21-16-4-2-3-5-16)15-6-8-17(9-7-15)20-12-10-18/h6-9,14,16,19H,2-5,11-13H2,1H3. The highest BCUT2D eigenvalue weighted by atomic mass is 16.5. The molecule has 0 aliphatic heterocycles. The van der Waals surface area contributed by atoms with Gasteiger partial charge in [0.15, 0.2) is 6.61 Å². The quantitative estimate of drug-likeness (QED) is 0.746. The summed E-state index contributed by atoms with van der Waals surface area (Å²) in [6.45, 7) is 3.87. The summed E-state index contributed by atoms with van der Waals surface area (Å²) in [6, 6.07) is 10.1. The second-order valence-electron chi connectivity index (χ2n) is 5.47. The van der Waals surface area contributed by atoms with E-state index in [1.54, 1.807) is 0 Å². The number of rotatable bonds is 8. The Balaban J connectivity index is 1.67. The van der Waals surface area contributed by atoms with E-state index in [4.69, 9.17) is 14.7 Å². The predicted molar refractivity (Wildman–Crippen MR) is 82.2 cm³/mol. The van der Waals surface area contributed by atoms with E-state index in [2.05, 4.69) is 12.2 Å². The molecule has 1 atom stereocenters. The molecule has 21 heavy (non-hydrogen) atoms. The SMILES string of the molecule is CC(NCCOC1CCCC1)c1ccc(OCC#N)cc1. The van der Waals surface area contributed by atoms with Gasteiger partial charge in [-0.05, 0) is 37.5 Å². The van der Waals surface area contributed by atoms with Crippen LogP contribution in [-0.2, 0) is 4.74 Å². The number of nitrogens with one attached hydrogen (secondary N) is 1. The maximum Gasteiger partial charge on any atom is 0.174 e. The first-order valence-electron chi connectivity index (χ1n) is 7.74. The van der Waals surface area contributed by atoms with Crippen LogP contribution in [0.3, 0.4) is 0 Å². The Bertz CT molecular complexity index is 447. The lowest BCUT2D eigenvalue weighted by molar-refractivity contribution is 0.0593. The van der Waals surface area contributed by atoms with Crippen LogP contribution in [0.5, 0.6) is 5.75 Å². The molecule has 1 fully saturated rings. The van der Waals surface area contributed by atoms with Crippen LogP contribution in [0.25, 0.3) is 0 Å². The van der Waals surface area contributed by atoms with Gasteiger partial charge in [0, 0.05) is 12.6 Å². The molecule has 1 aliphatic rings. The Morgan fingerprint density at radius 1 is 1.29 bits per heavy atom. The molecule has 4 nitrogen and oxygen atoms in total. The Hall–Kier alpha value is -1.57. The molecule has 0 spiro atoms. The number of hydrogen-bond acceptors (Lipinski definition) is 4. The summed E-state index contributed by atoms with van der Waals surface area (Å²) in [6.07, 6.45) is 5.56. The molecule has 0 aromatic heterocycles. The molecule has 1 aliphatic carbocycles. The normalized spacial score (nSPS) is 16.6. The third-order valence-corrected chi connectivity index (χ3v) is 3.89. The average Bonchev–Trinajstić information content (AvgIpc) is 3.03. The molecule has 4 heteroatoms. The molecular weight excluding hydrogens is 264 g/mol. The van der Waals surface area contributed by atoms with Gasteiger partial charge >= 0.3 is 0 Å². The first-order chi connectivity index (χ1) is 10.3. The Morgan fingerprint density at radius 2 is 2.00 bits per heavy atom. The van der Waals surface area contributed by atoms with E-state index in [-0.39, 0.29) is 12.6 Å². The topological polar surface area (TPSA) is 54.3 Å². The van der Waals surface area contributed by atoms with E-state index in [1.807, 2.05) is 30.3 Å². The Kier molecular flexibility index (Phi) is 6.52. The van der Waals surface area contributed by atoms with Crippen molar-refractivity contribution in [1.29, 1.82) is 5.26 Å². The minimum absolute atomic E-state index is 0.0889. The van der Waals surface area contributed by atoms with Crippen LogP contribution in [0.4, 0.5) is 0 Å². The van der Waals surface area contributed by atoms with Gasteiger partial charge in [-0.1, -0.05) is 25.0 Å². The molecule has 1 saturated carbocycles. The fourth-order valence-electron chi connectivity index (χ4n) is 2.64. The third-order valence-electron chi connectivity index (χ3n) is 3.89. The summed E-state index contributed by atoms with van der Waals surface area (Å²) in [5.41, 5.74) is 1.21. The fraction of sp³-hybridized carbons (Fsp3) is 0.588. The van der Waals surface area contributed by atoms with Gasteiger partial charge in [-0.2, -0.15) is 5.26 Å². The summed E-state index contributed by atoms with van der Waals surface area (Å²) < 4.78 is 11.1. The van der Waals surface area contributed by atoms with Crippen LogP contribution in [0.15, 0.2) is 24.3 Å². The van der Waals surface area contributed by atoms with Crippen molar-refractivity contribution in [2.75, 3.05) is 19.8 Å². The predicted octanol–water partition coefficient (Wildman–Crippen LogP) is 3.20. The molecule has 0 heterocycles. The van der Waals surface area contributed by atoms with Crippen molar-refractivity contribution >= 4 is 0 Å². The van der Waals surface area contributed by atoms with E-state index in [0.717, 1.165) is 18.9 Å². The highest BCUT2D eigenvalue weighted by molar-refractivity contribution is 5.29. The van der Waals surface area contributed by atoms with Gasteiger partial charge < -0.3 is 14.8 Å². The fourth-order valence-corrected chi connectivity index (χ4v) is 2.64. The highest BCUT2D eigenvalue weighted by Gasteiger charge is 2.14. The first kappa shape index (κ1) is 15.8. The molecule has 114 valence electrons. The minimum atomic E-state index is 0.0889. The van der Waals surface area contributed by atoms with Gasteiger partial charge in [-0.3, -0.25) is 0 Å². The van der Waals surface area contributed by atoms with Gasteiger partial charge in [0.2, 0.25) is 0 Å². The number of benzene rings is 1. The van der Waals surface area contributed by atoms with Crippen molar-refractivity contribution in [2.45, 2.75) is 44.8 Å². The number of ether oxygens (including phenoxy) is 2. The van der Waals surface area contributed by atoms with Gasteiger partial charge in [-0.25, -0.2) is 0 Å². The third kappa shape index (κ3) is 5.37. The van der Waals surface area contributed by atoms with Crippen LogP contribution in [0.1, 0.15) is 44.2 Å². The van der Waals surface area contributed by atoms with Crippen molar-refractivity contribution in [3.05, 3.63) is 29.8 Å². The Morgan fingerprint density at radius 3 is 2.67 bits per heavy atom. The van der Waals surface area contributed by atoms with Gasteiger partial charge in [0.05, 0.1) is 12.7 Å². The minimum Gasteiger partial charge on any atom is -0.479 e. The van der Waals surface area contributed by atoms with Crippen molar-refractivity contribution in [2.24, 2.45) is 0 Å². The Labute approximate surface area is 127 Å². The zero-order valence-corrected chi connectivity index (χ0v) is 12.7. The number of nitrogens with zero attached hydrogens (tertiary/aromatic N) is 1. The maximum absolute atomic E-state index is 8.47. The van der Waals surface area contributed by atoms with E-state index in [0.29, 0.717) is 6.10 Å². The molecule has 0 amide bonds. The van der Waals surface area contributed by atoms with E-state index < -0.39 is 0 Å². The highest BCUT2D eigenvalue weighted by Crippen LogP contribution is 2.21. The van der Waals surface area contributed by atoms with Crippen molar-refractivity contribution in [1.82, 2.24) is 5.32 Å². The van der Waals surface area contributed by atoms with E-state index in [9.17, 15) is 0 Å². The lowest BCUT2D eigenvalue weighted by atomic mass is 10.1. The summed E-state index contributed by atoms with van der Waals surface area (Å²) in [7, 11) is 0. The van der Waals surface area contributed by atoms with E-state index >= 15 is 0 Å². The number of nitriles is 1. The molecule has 0 radical (unpaired) electrons. The number of hydrogen-bond donors (Lipinski definition) is 1. The van der Waals surface area contributed by atoms with Crippen LogP contribution < -0.4 is 10.1 Å². The van der Waals surface area contributed by atoms with Gasteiger partial charge in [-0.15, -0.1) is 0 Å². The van der Waals surface area contributed by atoms with E-state index in [1.165, 1.54) is 31.2 Å². The van der Waals surface area contributed by atoms with Crippen LogP contribution >= 0.6 is 0 Å². The van der Waals surface area contributed by atoms with Crippen LogP contribution in [0.2, 0.25) is 0 Å². The van der Waals surface area contributed by atoms with Crippen molar-refractivity contribution in [3.8, 4) is 11.8 Å². The smallest absolute Gasteiger partial charge is 0.174 e. The zero-order chi connectivity index (χ0) is 14.9. The second-order valence-corrected chi connectivity index (χ2v) is 5.47. The summed E-state index contributed by atoms with van der Waals surface area (Å²) in [5.74, 6) is 0.733. The molecule has 2 rings (SSSR count). The van der Waals surface area contributed by atoms with Gasteiger partial charge in [0.1, 0.15) is 11.8 Å². The lowest BCUT2D eigenvalue weighted by Crippen LogP contribution is -2.25. The molecule has 1 aromatic rings. The maximum atomic E-state index is 8.47. The molecular formula is C17H24N2O2.